The van der Waals surface area contributed by atoms with E-state index in [1.165, 1.54) is 0 Å². The summed E-state index contributed by atoms with van der Waals surface area (Å²) in [5.74, 6) is 1.68. The lowest BCUT2D eigenvalue weighted by atomic mass is 10.0. The van der Waals surface area contributed by atoms with E-state index < -0.39 is 0 Å². The van der Waals surface area contributed by atoms with E-state index in [0.29, 0.717) is 5.02 Å². The number of rotatable bonds is 3. The summed E-state index contributed by atoms with van der Waals surface area (Å²) in [6.07, 6.45) is 0. The second-order valence-electron chi connectivity index (χ2n) is 7.57. The number of halogens is 1. The molecule has 0 fully saturated rings. The summed E-state index contributed by atoms with van der Waals surface area (Å²) in [5, 5.41) is 2.88. The standard InChI is InChI=1S/C28H18ClNOS/c29-19-15-16-26-25(17-19)31-28-23-14-8-7-13-22(23)24(18-27(28)32-26)30(20-9-3-1-4-10-20)21-11-5-2-6-12-21/h1-18H. The average molecular weight is 452 g/mol. The Balaban J connectivity index is 1.61. The van der Waals surface area contributed by atoms with E-state index in [9.17, 15) is 0 Å². The smallest absolute Gasteiger partial charge is 0.149 e. The second kappa shape index (κ2) is 7.94. The molecule has 5 aromatic rings. The van der Waals surface area contributed by atoms with Crippen LogP contribution < -0.4 is 9.64 Å². The molecule has 0 saturated heterocycles. The fourth-order valence-corrected chi connectivity index (χ4v) is 5.28. The highest BCUT2D eigenvalue weighted by Crippen LogP contribution is 2.53. The monoisotopic (exact) mass is 451 g/mol. The van der Waals surface area contributed by atoms with Crippen molar-refractivity contribution in [3.8, 4) is 11.5 Å². The molecule has 1 aliphatic rings. The Hall–Kier alpha value is -3.40. The van der Waals surface area contributed by atoms with Gasteiger partial charge in [-0.05, 0) is 42.5 Å². The average Bonchev–Trinajstić information content (AvgIpc) is 2.85. The highest BCUT2D eigenvalue weighted by Gasteiger charge is 2.25. The van der Waals surface area contributed by atoms with Gasteiger partial charge in [0.15, 0.2) is 0 Å². The fraction of sp³-hybridized carbons (Fsp3) is 0. The van der Waals surface area contributed by atoms with Gasteiger partial charge in [-0.15, -0.1) is 0 Å². The van der Waals surface area contributed by atoms with Crippen LogP contribution in [0.25, 0.3) is 10.8 Å². The quantitative estimate of drug-likeness (QED) is 0.266. The van der Waals surface area contributed by atoms with Crippen LogP contribution in [0.1, 0.15) is 0 Å². The molecule has 154 valence electrons. The summed E-state index contributed by atoms with van der Waals surface area (Å²) in [5.41, 5.74) is 3.33. The first-order valence-corrected chi connectivity index (χ1v) is 11.6. The molecule has 6 rings (SSSR count). The fourth-order valence-electron chi connectivity index (χ4n) is 4.13. The Morgan fingerprint density at radius 3 is 1.94 bits per heavy atom. The topological polar surface area (TPSA) is 12.5 Å². The number of hydrogen-bond donors (Lipinski definition) is 0. The van der Waals surface area contributed by atoms with Crippen LogP contribution in [-0.4, -0.2) is 0 Å². The maximum Gasteiger partial charge on any atom is 0.149 e. The first kappa shape index (κ1) is 19.3. The van der Waals surface area contributed by atoms with E-state index in [0.717, 1.165) is 49.1 Å². The lowest BCUT2D eigenvalue weighted by molar-refractivity contribution is 0.460. The first-order chi connectivity index (χ1) is 15.8. The normalized spacial score (nSPS) is 12.0. The van der Waals surface area contributed by atoms with Crippen molar-refractivity contribution in [2.24, 2.45) is 0 Å². The van der Waals surface area contributed by atoms with E-state index >= 15 is 0 Å². The van der Waals surface area contributed by atoms with Gasteiger partial charge in [-0.2, -0.15) is 0 Å². The number of benzene rings is 5. The Kier molecular flexibility index (Phi) is 4.79. The summed E-state index contributed by atoms with van der Waals surface area (Å²) >= 11 is 7.95. The first-order valence-electron chi connectivity index (χ1n) is 10.4. The minimum Gasteiger partial charge on any atom is -0.454 e. The van der Waals surface area contributed by atoms with Gasteiger partial charge in [0.2, 0.25) is 0 Å². The minimum atomic E-state index is 0.674. The Bertz CT molecular complexity index is 1400. The molecule has 0 N–H and O–H groups in total. The largest absolute Gasteiger partial charge is 0.454 e. The molecule has 32 heavy (non-hydrogen) atoms. The van der Waals surface area contributed by atoms with E-state index in [1.807, 2.05) is 30.3 Å². The zero-order chi connectivity index (χ0) is 21.5. The van der Waals surface area contributed by atoms with Gasteiger partial charge >= 0.3 is 0 Å². The van der Waals surface area contributed by atoms with Gasteiger partial charge in [-0.3, -0.25) is 0 Å². The molecule has 0 saturated carbocycles. The summed E-state index contributed by atoms with van der Waals surface area (Å²) in [4.78, 5) is 4.46. The third-order valence-electron chi connectivity index (χ3n) is 5.55. The molecular weight excluding hydrogens is 434 g/mol. The van der Waals surface area contributed by atoms with Crippen LogP contribution in [0.15, 0.2) is 119 Å². The van der Waals surface area contributed by atoms with Crippen LogP contribution in [0, 0.1) is 0 Å². The van der Waals surface area contributed by atoms with Crippen molar-refractivity contribution < 1.29 is 4.74 Å². The van der Waals surface area contributed by atoms with E-state index in [1.54, 1.807) is 11.8 Å². The predicted octanol–water partition coefficient (Wildman–Crippen LogP) is 9.22. The molecule has 0 aliphatic carbocycles. The molecule has 0 amide bonds. The lowest BCUT2D eigenvalue weighted by Gasteiger charge is -2.29. The number of hydrogen-bond acceptors (Lipinski definition) is 3. The third-order valence-corrected chi connectivity index (χ3v) is 6.86. The van der Waals surface area contributed by atoms with Crippen molar-refractivity contribution in [3.05, 3.63) is 114 Å². The predicted molar refractivity (Wildman–Crippen MR) is 134 cm³/mol. The highest BCUT2D eigenvalue weighted by molar-refractivity contribution is 7.99. The molecule has 0 bridgehead atoms. The Labute approximate surface area is 196 Å². The number of anilines is 3. The van der Waals surface area contributed by atoms with E-state index in [2.05, 4.69) is 83.8 Å². The van der Waals surface area contributed by atoms with Gasteiger partial charge in [0, 0.05) is 33.2 Å². The van der Waals surface area contributed by atoms with Crippen molar-refractivity contribution in [2.75, 3.05) is 4.90 Å². The molecule has 0 unspecified atom stereocenters. The SMILES string of the molecule is Clc1ccc2c(c1)Oc1c(cc(N(c3ccccc3)c3ccccc3)c3ccccc13)S2. The van der Waals surface area contributed by atoms with Gasteiger partial charge in [-0.25, -0.2) is 0 Å². The Morgan fingerprint density at radius 1 is 0.625 bits per heavy atom. The molecule has 4 heteroatoms. The molecule has 0 atom stereocenters. The number of nitrogens with zero attached hydrogens (tertiary/aromatic N) is 1. The zero-order valence-electron chi connectivity index (χ0n) is 17.0. The molecule has 2 nitrogen and oxygen atoms in total. The van der Waals surface area contributed by atoms with Crippen molar-refractivity contribution in [2.45, 2.75) is 9.79 Å². The van der Waals surface area contributed by atoms with Gasteiger partial charge in [-0.1, -0.05) is 84.0 Å². The van der Waals surface area contributed by atoms with Crippen LogP contribution in [0.2, 0.25) is 5.02 Å². The molecule has 1 aliphatic heterocycles. The van der Waals surface area contributed by atoms with Crippen LogP contribution in [0.4, 0.5) is 17.1 Å². The van der Waals surface area contributed by atoms with Crippen LogP contribution in [0.3, 0.4) is 0 Å². The van der Waals surface area contributed by atoms with Gasteiger partial charge in [0.05, 0.1) is 15.5 Å². The highest BCUT2D eigenvalue weighted by atomic mass is 35.5. The van der Waals surface area contributed by atoms with Crippen molar-refractivity contribution in [1.29, 1.82) is 0 Å². The number of para-hydroxylation sites is 2. The summed E-state index contributed by atoms with van der Waals surface area (Å²) < 4.78 is 6.39. The van der Waals surface area contributed by atoms with Gasteiger partial charge in [0.1, 0.15) is 11.5 Å². The van der Waals surface area contributed by atoms with Crippen LogP contribution >= 0.6 is 23.4 Å². The van der Waals surface area contributed by atoms with Crippen LogP contribution in [-0.2, 0) is 0 Å². The molecular formula is C28H18ClNOS. The van der Waals surface area contributed by atoms with Crippen LogP contribution in [0.5, 0.6) is 11.5 Å². The summed E-state index contributed by atoms with van der Waals surface area (Å²) in [6.45, 7) is 0. The summed E-state index contributed by atoms with van der Waals surface area (Å²) in [7, 11) is 0. The van der Waals surface area contributed by atoms with Crippen molar-refractivity contribution in [3.63, 3.8) is 0 Å². The van der Waals surface area contributed by atoms with E-state index in [4.69, 9.17) is 16.3 Å². The molecule has 0 aromatic heterocycles. The van der Waals surface area contributed by atoms with E-state index in [-0.39, 0.29) is 0 Å². The lowest BCUT2D eigenvalue weighted by Crippen LogP contribution is -2.11. The molecule has 0 spiro atoms. The summed E-state index contributed by atoms with van der Waals surface area (Å²) in [6, 6.07) is 37.4. The molecule has 1 heterocycles. The maximum atomic E-state index is 6.39. The maximum absolute atomic E-state index is 6.39. The van der Waals surface area contributed by atoms with Crippen molar-refractivity contribution >= 4 is 51.2 Å². The van der Waals surface area contributed by atoms with Crippen molar-refractivity contribution in [1.82, 2.24) is 0 Å². The zero-order valence-corrected chi connectivity index (χ0v) is 18.6. The van der Waals surface area contributed by atoms with Gasteiger partial charge in [0.25, 0.3) is 0 Å². The molecule has 5 aromatic carbocycles. The third kappa shape index (κ3) is 3.31. The minimum absolute atomic E-state index is 0.674. The number of ether oxygens (including phenoxy) is 1. The van der Waals surface area contributed by atoms with Gasteiger partial charge < -0.3 is 9.64 Å². The second-order valence-corrected chi connectivity index (χ2v) is 9.09. The number of fused-ring (bicyclic) bond motifs is 4. The Morgan fingerprint density at radius 2 is 1.25 bits per heavy atom. The molecule has 0 radical (unpaired) electrons.